The van der Waals surface area contributed by atoms with Crippen LogP contribution in [-0.4, -0.2) is 13.1 Å². The van der Waals surface area contributed by atoms with Gasteiger partial charge in [0.25, 0.3) is 0 Å². The molecule has 2 heteroatoms. The molecule has 0 unspecified atom stereocenters. The van der Waals surface area contributed by atoms with Gasteiger partial charge in [0.05, 0.1) is 13.8 Å². The smallest absolute Gasteiger partial charge is 0.0803 e. The Morgan fingerprint density at radius 2 is 1.78 bits per heavy atom. The molecule has 0 N–H and O–H groups in total. The largest absolute Gasteiger partial charge is 0.253 e. The fraction of sp³-hybridized carbons (Fsp3) is 0.312. The van der Waals surface area contributed by atoms with E-state index < -0.39 is 14.9 Å². The molecule has 2 rings (SSSR count). The summed E-state index contributed by atoms with van der Waals surface area (Å²) in [6.45, 7) is 6.30. The number of pyridine rings is 1. The van der Waals surface area contributed by atoms with E-state index in [4.69, 9.17) is 4.11 Å². The Morgan fingerprint density at radius 1 is 1.11 bits per heavy atom. The highest BCUT2D eigenvalue weighted by Gasteiger charge is 2.22. The highest BCUT2D eigenvalue weighted by molar-refractivity contribution is 6.89. The number of aryl methyl sites for hydroxylation is 2. The van der Waals surface area contributed by atoms with Crippen LogP contribution in [0.3, 0.4) is 0 Å². The lowest BCUT2D eigenvalue weighted by atomic mass is 10.1. The van der Waals surface area contributed by atoms with Gasteiger partial charge in [-0.1, -0.05) is 50.0 Å². The van der Waals surface area contributed by atoms with Crippen LogP contribution in [0.4, 0.5) is 0 Å². The van der Waals surface area contributed by atoms with Gasteiger partial charge in [-0.25, -0.2) is 0 Å². The molecule has 1 heterocycles. The fourth-order valence-electron chi connectivity index (χ4n) is 2.38. The summed E-state index contributed by atoms with van der Waals surface area (Å²) in [6, 6.07) is 11.7. The van der Waals surface area contributed by atoms with Crippen LogP contribution in [0, 0.1) is 13.8 Å². The third-order valence-electron chi connectivity index (χ3n) is 3.04. The molecular formula is C16H21NSi. The van der Waals surface area contributed by atoms with E-state index in [0.717, 1.165) is 22.0 Å². The molecule has 0 amide bonds. The molecular weight excluding hydrogens is 234 g/mol. The SMILES string of the molecule is [2H]C([2H])([2H])c1nc(-c2ccccc2)cc(C)c1[Si](C)(C)C. The molecule has 94 valence electrons. The van der Waals surface area contributed by atoms with Gasteiger partial charge in [0.1, 0.15) is 0 Å². The minimum Gasteiger partial charge on any atom is -0.253 e. The monoisotopic (exact) mass is 258 g/mol. The summed E-state index contributed by atoms with van der Waals surface area (Å²) >= 11 is 0. The van der Waals surface area contributed by atoms with E-state index in [-0.39, 0.29) is 5.69 Å². The zero-order chi connectivity index (χ0) is 15.8. The van der Waals surface area contributed by atoms with Gasteiger partial charge >= 0.3 is 0 Å². The molecule has 0 aliphatic rings. The van der Waals surface area contributed by atoms with Crippen molar-refractivity contribution in [2.24, 2.45) is 0 Å². The average Bonchev–Trinajstić information content (AvgIpc) is 2.36. The molecule has 1 aromatic carbocycles. The summed E-state index contributed by atoms with van der Waals surface area (Å²) in [5.41, 5.74) is 3.00. The Bertz CT molecular complexity index is 643. The van der Waals surface area contributed by atoms with Gasteiger partial charge in [-0.15, -0.1) is 0 Å². The predicted octanol–water partition coefficient (Wildman–Crippen LogP) is 3.91. The van der Waals surface area contributed by atoms with Gasteiger partial charge in [0.15, 0.2) is 0 Å². The van der Waals surface area contributed by atoms with Crippen LogP contribution in [0.2, 0.25) is 19.6 Å². The van der Waals surface area contributed by atoms with Crippen LogP contribution in [0.15, 0.2) is 36.4 Å². The first-order valence-electron chi connectivity index (χ1n) is 7.69. The lowest BCUT2D eigenvalue weighted by molar-refractivity contribution is 1.20. The van der Waals surface area contributed by atoms with Crippen LogP contribution >= 0.6 is 0 Å². The van der Waals surface area contributed by atoms with E-state index in [9.17, 15) is 0 Å². The number of hydrogen-bond donors (Lipinski definition) is 0. The highest BCUT2D eigenvalue weighted by atomic mass is 28.3. The normalized spacial score (nSPS) is 14.8. The maximum absolute atomic E-state index is 7.84. The maximum atomic E-state index is 7.84. The third kappa shape index (κ3) is 2.54. The minimum absolute atomic E-state index is 0.278. The van der Waals surface area contributed by atoms with Crippen molar-refractivity contribution in [2.75, 3.05) is 0 Å². The van der Waals surface area contributed by atoms with Crippen LogP contribution in [-0.2, 0) is 0 Å². The van der Waals surface area contributed by atoms with Crippen molar-refractivity contribution in [3.8, 4) is 11.3 Å². The summed E-state index contributed by atoms with van der Waals surface area (Å²) in [7, 11) is -1.78. The first-order chi connectivity index (χ1) is 9.60. The standard InChI is InChI=1S/C16H21NSi/c1-12-11-15(14-9-7-6-8-10-14)17-13(2)16(12)18(3,4)5/h6-11H,1-5H3/i2D3. The van der Waals surface area contributed by atoms with Crippen LogP contribution in [0.1, 0.15) is 15.4 Å². The van der Waals surface area contributed by atoms with E-state index >= 15 is 0 Å². The molecule has 0 spiro atoms. The lowest BCUT2D eigenvalue weighted by Gasteiger charge is -2.22. The molecule has 0 aliphatic carbocycles. The molecule has 0 bridgehead atoms. The Kier molecular flexibility index (Phi) is 2.48. The Balaban J connectivity index is 2.73. The van der Waals surface area contributed by atoms with Crippen LogP contribution in [0.5, 0.6) is 0 Å². The molecule has 1 nitrogen and oxygen atoms in total. The van der Waals surface area contributed by atoms with Crippen molar-refractivity contribution >= 4 is 13.3 Å². The number of rotatable bonds is 2. The first kappa shape index (κ1) is 9.51. The van der Waals surface area contributed by atoms with E-state index in [2.05, 4.69) is 24.6 Å². The van der Waals surface area contributed by atoms with Crippen molar-refractivity contribution in [1.82, 2.24) is 4.98 Å². The molecule has 18 heavy (non-hydrogen) atoms. The topological polar surface area (TPSA) is 12.9 Å². The van der Waals surface area contributed by atoms with Crippen LogP contribution in [0.25, 0.3) is 11.3 Å². The summed E-state index contributed by atoms with van der Waals surface area (Å²) in [6.07, 6.45) is 0. The van der Waals surface area contributed by atoms with Gasteiger partial charge < -0.3 is 0 Å². The Hall–Kier alpha value is -1.41. The minimum atomic E-state index is -2.18. The predicted molar refractivity (Wildman–Crippen MR) is 82.1 cm³/mol. The summed E-state index contributed by atoms with van der Waals surface area (Å²) in [4.78, 5) is 4.51. The van der Waals surface area contributed by atoms with E-state index in [1.54, 1.807) is 0 Å². The lowest BCUT2D eigenvalue weighted by Crippen LogP contribution is -2.42. The first-order valence-corrected chi connectivity index (χ1v) is 9.69. The van der Waals surface area contributed by atoms with E-state index in [1.807, 2.05) is 43.3 Å². The molecule has 0 saturated carbocycles. The average molecular weight is 258 g/mol. The fourth-order valence-corrected chi connectivity index (χ4v) is 4.40. The highest BCUT2D eigenvalue weighted by Crippen LogP contribution is 2.19. The van der Waals surface area contributed by atoms with Gasteiger partial charge in [0.2, 0.25) is 0 Å². The molecule has 0 fully saturated rings. The van der Waals surface area contributed by atoms with Crippen molar-refractivity contribution in [2.45, 2.75) is 33.4 Å². The summed E-state index contributed by atoms with van der Waals surface area (Å²) in [5.74, 6) is 0. The van der Waals surface area contributed by atoms with Gasteiger partial charge in [-0.05, 0) is 30.6 Å². The molecule has 1 aromatic heterocycles. The molecule has 2 aromatic rings. The number of benzene rings is 1. The maximum Gasteiger partial charge on any atom is 0.0803 e. The second-order valence-corrected chi connectivity index (χ2v) is 10.7. The quantitative estimate of drug-likeness (QED) is 0.744. The van der Waals surface area contributed by atoms with Crippen molar-refractivity contribution in [3.05, 3.63) is 47.7 Å². The zero-order valence-electron chi connectivity index (χ0n) is 14.4. The molecule has 0 radical (unpaired) electrons. The molecule has 0 aliphatic heterocycles. The number of hydrogen-bond acceptors (Lipinski definition) is 1. The Labute approximate surface area is 115 Å². The second-order valence-electron chi connectivity index (χ2n) is 5.66. The Morgan fingerprint density at radius 3 is 2.33 bits per heavy atom. The zero-order valence-corrected chi connectivity index (χ0v) is 12.4. The van der Waals surface area contributed by atoms with Crippen LogP contribution < -0.4 is 5.19 Å². The van der Waals surface area contributed by atoms with E-state index in [1.165, 1.54) is 0 Å². The second kappa shape index (κ2) is 4.69. The summed E-state index contributed by atoms with van der Waals surface area (Å²) in [5, 5.41) is 0.960. The summed E-state index contributed by atoms with van der Waals surface area (Å²) < 4.78 is 23.5. The van der Waals surface area contributed by atoms with Crippen molar-refractivity contribution in [3.63, 3.8) is 0 Å². The molecule has 0 saturated heterocycles. The number of nitrogens with zero attached hydrogens (tertiary/aromatic N) is 1. The van der Waals surface area contributed by atoms with Gasteiger partial charge in [-0.2, -0.15) is 0 Å². The van der Waals surface area contributed by atoms with Crippen molar-refractivity contribution in [1.29, 1.82) is 0 Å². The van der Waals surface area contributed by atoms with Gasteiger partial charge in [0, 0.05) is 15.4 Å². The van der Waals surface area contributed by atoms with E-state index in [0.29, 0.717) is 0 Å². The van der Waals surface area contributed by atoms with Crippen molar-refractivity contribution < 1.29 is 4.11 Å². The number of aromatic nitrogens is 1. The third-order valence-corrected chi connectivity index (χ3v) is 5.17. The van der Waals surface area contributed by atoms with Gasteiger partial charge in [-0.3, -0.25) is 4.98 Å². The molecule has 0 atom stereocenters.